The summed E-state index contributed by atoms with van der Waals surface area (Å²) in [5.41, 5.74) is 1.38. The average molecular weight is 353 g/mol. The van der Waals surface area contributed by atoms with Crippen molar-refractivity contribution >= 4 is 23.2 Å². The second kappa shape index (κ2) is 7.35. The van der Waals surface area contributed by atoms with Gasteiger partial charge in [0.25, 0.3) is 11.6 Å². The predicted molar refractivity (Wildman–Crippen MR) is 96.9 cm³/mol. The van der Waals surface area contributed by atoms with Crippen LogP contribution in [0.3, 0.4) is 0 Å². The van der Waals surface area contributed by atoms with Crippen LogP contribution in [0, 0.1) is 17.0 Å². The summed E-state index contributed by atoms with van der Waals surface area (Å²) in [6.45, 7) is 2.58. The van der Waals surface area contributed by atoms with E-state index in [0.29, 0.717) is 18.7 Å². The van der Waals surface area contributed by atoms with E-state index in [4.69, 9.17) is 0 Å². The normalized spacial score (nSPS) is 13.7. The van der Waals surface area contributed by atoms with Crippen molar-refractivity contribution in [3.05, 3.63) is 69.8 Å². The fourth-order valence-electron chi connectivity index (χ4n) is 2.97. The van der Waals surface area contributed by atoms with E-state index < -0.39 is 10.8 Å². The van der Waals surface area contributed by atoms with E-state index in [1.807, 2.05) is 19.1 Å². The third-order valence-corrected chi connectivity index (χ3v) is 4.41. The van der Waals surface area contributed by atoms with Gasteiger partial charge in [-0.1, -0.05) is 29.8 Å². The largest absolute Gasteiger partial charge is 0.324 e. The number of nitrogens with zero attached hydrogens (tertiary/aromatic N) is 3. The first-order chi connectivity index (χ1) is 12.5. The number of rotatable bonds is 5. The third kappa shape index (κ3) is 3.56. The zero-order chi connectivity index (χ0) is 18.7. The number of aryl methyl sites for hydroxylation is 1. The second-order valence-corrected chi connectivity index (χ2v) is 6.25. The molecule has 2 aromatic carbocycles. The molecule has 2 amide bonds. The molecule has 1 heterocycles. The van der Waals surface area contributed by atoms with Gasteiger partial charge >= 0.3 is 0 Å². The number of nitro groups is 1. The Morgan fingerprint density at radius 1 is 1.19 bits per heavy atom. The van der Waals surface area contributed by atoms with Gasteiger partial charge < -0.3 is 4.90 Å². The molecular weight excluding hydrogens is 334 g/mol. The summed E-state index contributed by atoms with van der Waals surface area (Å²) in [6.07, 6.45) is 1.21. The Morgan fingerprint density at radius 2 is 1.88 bits per heavy atom. The van der Waals surface area contributed by atoms with Crippen molar-refractivity contribution in [2.24, 2.45) is 0 Å². The molecule has 0 atom stereocenters. The number of hydrogen-bond donors (Lipinski definition) is 0. The van der Waals surface area contributed by atoms with Crippen LogP contribution >= 0.6 is 0 Å². The van der Waals surface area contributed by atoms with E-state index in [1.165, 1.54) is 23.1 Å². The first-order valence-corrected chi connectivity index (χ1v) is 8.37. The second-order valence-electron chi connectivity index (χ2n) is 6.25. The Labute approximate surface area is 151 Å². The number of carbonyl (C=O) groups excluding carboxylic acids is 2. The Hall–Kier alpha value is -3.22. The highest BCUT2D eigenvalue weighted by molar-refractivity contribution is 6.08. The van der Waals surface area contributed by atoms with Crippen molar-refractivity contribution in [2.45, 2.75) is 19.8 Å². The van der Waals surface area contributed by atoms with Crippen LogP contribution in [0.15, 0.2) is 48.5 Å². The van der Waals surface area contributed by atoms with Crippen LogP contribution < -0.4 is 4.90 Å². The van der Waals surface area contributed by atoms with Crippen LogP contribution in [0.1, 0.15) is 28.8 Å². The van der Waals surface area contributed by atoms with Crippen molar-refractivity contribution in [3.63, 3.8) is 0 Å². The van der Waals surface area contributed by atoms with Gasteiger partial charge in [-0.25, -0.2) is 0 Å². The van der Waals surface area contributed by atoms with E-state index in [1.54, 1.807) is 23.1 Å². The third-order valence-electron chi connectivity index (χ3n) is 4.41. The molecule has 7 nitrogen and oxygen atoms in total. The Kier molecular flexibility index (Phi) is 4.97. The number of para-hydroxylation sites is 1. The summed E-state index contributed by atoms with van der Waals surface area (Å²) >= 11 is 0. The van der Waals surface area contributed by atoms with Gasteiger partial charge in [0.1, 0.15) is 12.2 Å². The fourth-order valence-corrected chi connectivity index (χ4v) is 2.97. The van der Waals surface area contributed by atoms with Gasteiger partial charge in [-0.3, -0.25) is 24.6 Å². The molecule has 0 aromatic heterocycles. The number of carbonyl (C=O) groups is 2. The van der Waals surface area contributed by atoms with E-state index >= 15 is 0 Å². The Morgan fingerprint density at radius 3 is 2.50 bits per heavy atom. The fraction of sp³-hybridized carbons (Fsp3) is 0.263. The van der Waals surface area contributed by atoms with Crippen LogP contribution in [0.4, 0.5) is 11.4 Å². The standard InChI is InChI=1S/C19H19N3O4/c1-14-8-10-15(11-9-14)21(13-20-12-4-7-18(20)23)19(24)16-5-2-3-6-17(16)22(25)26/h2-3,5-6,8-11H,4,7,12-13H2,1H3. The molecule has 2 aromatic rings. The molecular formula is C19H19N3O4. The molecule has 0 bridgehead atoms. The van der Waals surface area contributed by atoms with E-state index in [-0.39, 0.29) is 23.8 Å². The lowest BCUT2D eigenvalue weighted by Crippen LogP contribution is -2.42. The summed E-state index contributed by atoms with van der Waals surface area (Å²) in [5.74, 6) is -0.515. The molecule has 1 fully saturated rings. The first kappa shape index (κ1) is 17.6. The molecule has 1 aliphatic rings. The topological polar surface area (TPSA) is 83.8 Å². The minimum Gasteiger partial charge on any atom is -0.324 e. The molecule has 1 aliphatic heterocycles. The number of hydrogen-bond acceptors (Lipinski definition) is 4. The molecule has 3 rings (SSSR count). The summed E-state index contributed by atoms with van der Waals surface area (Å²) in [6, 6.07) is 13.1. The molecule has 0 radical (unpaired) electrons. The molecule has 0 unspecified atom stereocenters. The van der Waals surface area contributed by atoms with Crippen molar-refractivity contribution in [1.29, 1.82) is 0 Å². The minimum atomic E-state index is -0.568. The highest BCUT2D eigenvalue weighted by atomic mass is 16.6. The zero-order valence-electron chi connectivity index (χ0n) is 14.4. The monoisotopic (exact) mass is 353 g/mol. The van der Waals surface area contributed by atoms with Crippen molar-refractivity contribution in [1.82, 2.24) is 4.90 Å². The molecule has 1 saturated heterocycles. The van der Waals surface area contributed by atoms with Gasteiger partial charge in [-0.05, 0) is 31.5 Å². The van der Waals surface area contributed by atoms with Crippen LogP contribution in [0.25, 0.3) is 0 Å². The van der Waals surface area contributed by atoms with E-state index in [9.17, 15) is 19.7 Å². The number of anilines is 1. The van der Waals surface area contributed by atoms with Gasteiger partial charge in [0.15, 0.2) is 0 Å². The summed E-state index contributed by atoms with van der Waals surface area (Å²) in [7, 11) is 0. The summed E-state index contributed by atoms with van der Waals surface area (Å²) in [5, 5.41) is 11.3. The highest BCUT2D eigenvalue weighted by Crippen LogP contribution is 2.25. The lowest BCUT2D eigenvalue weighted by molar-refractivity contribution is -0.385. The van der Waals surface area contributed by atoms with Gasteiger partial charge in [0, 0.05) is 24.7 Å². The Balaban J connectivity index is 1.99. The van der Waals surface area contributed by atoms with Gasteiger partial charge in [0.2, 0.25) is 5.91 Å². The molecule has 26 heavy (non-hydrogen) atoms. The number of amides is 2. The lowest BCUT2D eigenvalue weighted by Gasteiger charge is -2.28. The van der Waals surface area contributed by atoms with Crippen LogP contribution in [0.5, 0.6) is 0 Å². The molecule has 0 saturated carbocycles. The highest BCUT2D eigenvalue weighted by Gasteiger charge is 2.29. The van der Waals surface area contributed by atoms with Gasteiger partial charge in [-0.15, -0.1) is 0 Å². The Bertz CT molecular complexity index is 848. The minimum absolute atomic E-state index is 0.00437. The quantitative estimate of drug-likeness (QED) is 0.611. The maximum atomic E-state index is 13.1. The maximum Gasteiger partial charge on any atom is 0.282 e. The van der Waals surface area contributed by atoms with Crippen LogP contribution in [-0.4, -0.2) is 34.9 Å². The van der Waals surface area contributed by atoms with Crippen molar-refractivity contribution in [3.8, 4) is 0 Å². The van der Waals surface area contributed by atoms with E-state index in [2.05, 4.69) is 0 Å². The van der Waals surface area contributed by atoms with Crippen molar-refractivity contribution in [2.75, 3.05) is 18.1 Å². The van der Waals surface area contributed by atoms with Crippen molar-refractivity contribution < 1.29 is 14.5 Å². The molecule has 0 spiro atoms. The smallest absolute Gasteiger partial charge is 0.282 e. The lowest BCUT2D eigenvalue weighted by atomic mass is 10.1. The number of likely N-dealkylation sites (tertiary alicyclic amines) is 1. The van der Waals surface area contributed by atoms with Crippen LogP contribution in [-0.2, 0) is 4.79 Å². The number of nitro benzene ring substituents is 1. The number of benzene rings is 2. The first-order valence-electron chi connectivity index (χ1n) is 8.37. The maximum absolute atomic E-state index is 13.1. The average Bonchev–Trinajstić information content (AvgIpc) is 3.04. The molecule has 7 heteroatoms. The molecule has 134 valence electrons. The SMILES string of the molecule is Cc1ccc(N(CN2CCCC2=O)C(=O)c2ccccc2[N+](=O)[O-])cc1. The van der Waals surface area contributed by atoms with Gasteiger partial charge in [-0.2, -0.15) is 0 Å². The molecule has 0 aliphatic carbocycles. The van der Waals surface area contributed by atoms with Crippen LogP contribution in [0.2, 0.25) is 0 Å². The summed E-state index contributed by atoms with van der Waals surface area (Å²) < 4.78 is 0. The summed E-state index contributed by atoms with van der Waals surface area (Å²) in [4.78, 5) is 38.9. The van der Waals surface area contributed by atoms with Gasteiger partial charge in [0.05, 0.1) is 4.92 Å². The molecule has 0 N–H and O–H groups in total. The predicted octanol–water partition coefficient (Wildman–Crippen LogP) is 3.13. The zero-order valence-corrected chi connectivity index (χ0v) is 14.4. The van der Waals surface area contributed by atoms with E-state index in [0.717, 1.165) is 12.0 Å².